The van der Waals surface area contributed by atoms with Crippen LogP contribution in [0.2, 0.25) is 0 Å². The maximum absolute atomic E-state index is 5.59. The van der Waals surface area contributed by atoms with Crippen LogP contribution in [-0.4, -0.2) is 25.8 Å². The number of hydrogen-bond acceptors (Lipinski definition) is 2. The molecule has 0 amide bonds. The van der Waals surface area contributed by atoms with Crippen molar-refractivity contribution in [2.75, 3.05) is 19.8 Å². The predicted molar refractivity (Wildman–Crippen MR) is 75.9 cm³/mol. The summed E-state index contributed by atoms with van der Waals surface area (Å²) in [6, 6.07) is 9.44. The first-order valence-corrected chi connectivity index (χ1v) is 7.13. The molecule has 0 fully saturated rings. The zero-order valence-electron chi connectivity index (χ0n) is 11.6. The van der Waals surface area contributed by atoms with Gasteiger partial charge in [-0.1, -0.05) is 38.1 Å². The van der Waals surface area contributed by atoms with Crippen LogP contribution in [-0.2, 0) is 17.6 Å². The lowest BCUT2D eigenvalue weighted by Gasteiger charge is -2.25. The fraction of sp³-hybridized carbons (Fsp3) is 0.625. The van der Waals surface area contributed by atoms with E-state index in [2.05, 4.69) is 43.4 Å². The van der Waals surface area contributed by atoms with Gasteiger partial charge in [0.05, 0.1) is 6.61 Å². The minimum atomic E-state index is 0.627. The zero-order valence-corrected chi connectivity index (χ0v) is 11.6. The van der Waals surface area contributed by atoms with E-state index in [1.54, 1.807) is 0 Å². The van der Waals surface area contributed by atoms with E-state index in [0.717, 1.165) is 19.8 Å². The number of benzene rings is 1. The number of nitrogens with one attached hydrogen (secondary N) is 1. The average molecular weight is 247 g/mol. The third-order valence-corrected chi connectivity index (χ3v) is 3.48. The van der Waals surface area contributed by atoms with Crippen molar-refractivity contribution >= 4 is 0 Å². The Bertz CT molecular complexity index is 362. The summed E-state index contributed by atoms with van der Waals surface area (Å²) in [5, 5.41) is 3.61. The third kappa shape index (κ3) is 4.11. The van der Waals surface area contributed by atoms with Crippen LogP contribution < -0.4 is 5.32 Å². The predicted octanol–water partition coefficient (Wildman–Crippen LogP) is 2.81. The van der Waals surface area contributed by atoms with Crippen LogP contribution in [0.3, 0.4) is 0 Å². The fourth-order valence-electron chi connectivity index (χ4n) is 2.53. The molecule has 0 radical (unpaired) electrons. The van der Waals surface area contributed by atoms with Crippen molar-refractivity contribution in [3.8, 4) is 0 Å². The van der Waals surface area contributed by atoms with Gasteiger partial charge in [-0.3, -0.25) is 0 Å². The standard InChI is InChI=1S/C16H25NO/c1-13(2)12-18-10-9-17-16-8-7-14-5-3-4-6-15(14)11-16/h3-6,13,16-17H,7-12H2,1-2H3. The van der Waals surface area contributed by atoms with Crippen LogP contribution in [0.1, 0.15) is 31.4 Å². The molecule has 18 heavy (non-hydrogen) atoms. The molecule has 0 saturated carbocycles. The molecule has 100 valence electrons. The molecule has 1 aromatic rings. The number of aryl methyl sites for hydroxylation is 1. The second-order valence-electron chi connectivity index (χ2n) is 5.63. The Morgan fingerprint density at radius 1 is 1.28 bits per heavy atom. The van der Waals surface area contributed by atoms with Crippen molar-refractivity contribution in [2.24, 2.45) is 5.92 Å². The number of hydrogen-bond donors (Lipinski definition) is 1. The highest BCUT2D eigenvalue weighted by Gasteiger charge is 2.17. The van der Waals surface area contributed by atoms with Gasteiger partial charge in [0.25, 0.3) is 0 Å². The van der Waals surface area contributed by atoms with Gasteiger partial charge in [0, 0.05) is 19.2 Å². The van der Waals surface area contributed by atoms with Crippen molar-refractivity contribution in [1.29, 1.82) is 0 Å². The Labute approximate surface area is 111 Å². The maximum Gasteiger partial charge on any atom is 0.0591 e. The van der Waals surface area contributed by atoms with Crippen LogP contribution >= 0.6 is 0 Å². The Morgan fingerprint density at radius 2 is 2.06 bits per heavy atom. The summed E-state index contributed by atoms with van der Waals surface area (Å²) in [5.74, 6) is 0.631. The van der Waals surface area contributed by atoms with Gasteiger partial charge in [0.1, 0.15) is 0 Å². The van der Waals surface area contributed by atoms with E-state index in [4.69, 9.17) is 4.74 Å². The number of rotatable bonds is 6. The van der Waals surface area contributed by atoms with Gasteiger partial charge in [-0.2, -0.15) is 0 Å². The summed E-state index contributed by atoms with van der Waals surface area (Å²) >= 11 is 0. The summed E-state index contributed by atoms with van der Waals surface area (Å²) in [5.41, 5.74) is 3.05. The second kappa shape index (κ2) is 6.91. The van der Waals surface area contributed by atoms with Crippen molar-refractivity contribution in [3.63, 3.8) is 0 Å². The molecule has 2 heteroatoms. The smallest absolute Gasteiger partial charge is 0.0591 e. The van der Waals surface area contributed by atoms with E-state index >= 15 is 0 Å². The molecule has 1 aliphatic rings. The molecule has 1 N–H and O–H groups in total. The van der Waals surface area contributed by atoms with E-state index in [1.807, 2.05) is 0 Å². The maximum atomic E-state index is 5.59. The van der Waals surface area contributed by atoms with Crippen LogP contribution in [0.25, 0.3) is 0 Å². The molecule has 0 saturated heterocycles. The number of ether oxygens (including phenoxy) is 1. The van der Waals surface area contributed by atoms with Gasteiger partial charge in [-0.05, 0) is 36.3 Å². The molecular formula is C16H25NO. The van der Waals surface area contributed by atoms with Crippen molar-refractivity contribution in [3.05, 3.63) is 35.4 Å². The van der Waals surface area contributed by atoms with Crippen LogP contribution in [0.4, 0.5) is 0 Å². The second-order valence-corrected chi connectivity index (χ2v) is 5.63. The molecular weight excluding hydrogens is 222 g/mol. The van der Waals surface area contributed by atoms with Crippen LogP contribution in [0.15, 0.2) is 24.3 Å². The molecule has 0 bridgehead atoms. The summed E-state index contributed by atoms with van der Waals surface area (Å²) in [7, 11) is 0. The normalized spacial score (nSPS) is 18.9. The Balaban J connectivity index is 1.67. The van der Waals surface area contributed by atoms with E-state index in [0.29, 0.717) is 12.0 Å². The monoisotopic (exact) mass is 247 g/mol. The molecule has 1 aliphatic carbocycles. The Morgan fingerprint density at radius 3 is 2.83 bits per heavy atom. The molecule has 0 spiro atoms. The number of fused-ring (bicyclic) bond motifs is 1. The summed E-state index contributed by atoms with van der Waals surface area (Å²) in [6.07, 6.45) is 3.63. The first kappa shape index (κ1) is 13.6. The minimum absolute atomic E-state index is 0.627. The van der Waals surface area contributed by atoms with Gasteiger partial charge < -0.3 is 10.1 Å². The SMILES string of the molecule is CC(C)COCCNC1CCc2ccccc2C1. The van der Waals surface area contributed by atoms with E-state index in [1.165, 1.54) is 30.4 Å². The van der Waals surface area contributed by atoms with Gasteiger partial charge in [-0.25, -0.2) is 0 Å². The van der Waals surface area contributed by atoms with E-state index in [9.17, 15) is 0 Å². The summed E-state index contributed by atoms with van der Waals surface area (Å²) in [6.45, 7) is 7.04. The van der Waals surface area contributed by atoms with Crippen LogP contribution in [0.5, 0.6) is 0 Å². The summed E-state index contributed by atoms with van der Waals surface area (Å²) < 4.78 is 5.59. The van der Waals surface area contributed by atoms with Crippen molar-refractivity contribution < 1.29 is 4.74 Å². The van der Waals surface area contributed by atoms with Gasteiger partial charge in [0.2, 0.25) is 0 Å². The topological polar surface area (TPSA) is 21.3 Å². The Kier molecular flexibility index (Phi) is 5.21. The average Bonchev–Trinajstić information content (AvgIpc) is 2.38. The van der Waals surface area contributed by atoms with E-state index in [-0.39, 0.29) is 0 Å². The fourth-order valence-corrected chi connectivity index (χ4v) is 2.53. The highest BCUT2D eigenvalue weighted by Crippen LogP contribution is 2.20. The molecule has 1 unspecified atom stereocenters. The minimum Gasteiger partial charge on any atom is -0.380 e. The molecule has 2 rings (SSSR count). The lowest BCUT2D eigenvalue weighted by atomic mass is 9.88. The zero-order chi connectivity index (χ0) is 12.8. The quantitative estimate of drug-likeness (QED) is 0.781. The first-order chi connectivity index (χ1) is 8.75. The summed E-state index contributed by atoms with van der Waals surface area (Å²) in [4.78, 5) is 0. The highest BCUT2D eigenvalue weighted by atomic mass is 16.5. The molecule has 0 heterocycles. The highest BCUT2D eigenvalue weighted by molar-refractivity contribution is 5.30. The molecule has 2 nitrogen and oxygen atoms in total. The molecule has 1 atom stereocenters. The van der Waals surface area contributed by atoms with Gasteiger partial charge in [0.15, 0.2) is 0 Å². The molecule has 0 aromatic heterocycles. The van der Waals surface area contributed by atoms with E-state index < -0.39 is 0 Å². The van der Waals surface area contributed by atoms with Gasteiger partial charge in [-0.15, -0.1) is 0 Å². The Hall–Kier alpha value is -0.860. The van der Waals surface area contributed by atoms with Crippen molar-refractivity contribution in [1.82, 2.24) is 5.32 Å². The molecule has 0 aliphatic heterocycles. The van der Waals surface area contributed by atoms with Crippen molar-refractivity contribution in [2.45, 2.75) is 39.2 Å². The third-order valence-electron chi connectivity index (χ3n) is 3.48. The largest absolute Gasteiger partial charge is 0.380 e. The lowest BCUT2D eigenvalue weighted by molar-refractivity contribution is 0.109. The van der Waals surface area contributed by atoms with Gasteiger partial charge >= 0.3 is 0 Å². The first-order valence-electron chi connectivity index (χ1n) is 7.13. The van der Waals surface area contributed by atoms with Crippen LogP contribution in [0, 0.1) is 5.92 Å². The molecule has 1 aromatic carbocycles. The lowest BCUT2D eigenvalue weighted by Crippen LogP contribution is -2.36.